The van der Waals surface area contributed by atoms with Gasteiger partial charge in [-0.2, -0.15) is 0 Å². The maximum absolute atomic E-state index is 5.69. The van der Waals surface area contributed by atoms with Crippen LogP contribution in [0.5, 0.6) is 0 Å². The van der Waals surface area contributed by atoms with Gasteiger partial charge in [-0.05, 0) is 31.7 Å². The fraction of sp³-hybridized carbons (Fsp3) is 0.429. The second-order valence-corrected chi connectivity index (χ2v) is 4.20. The van der Waals surface area contributed by atoms with Gasteiger partial charge in [0, 0.05) is 0 Å². The predicted octanol–water partition coefficient (Wildman–Crippen LogP) is 3.35. The highest BCUT2D eigenvalue weighted by Crippen LogP contribution is 2.16. The Balaban J connectivity index is 1.86. The average molecular weight is 202 g/mol. The monoisotopic (exact) mass is 202 g/mol. The van der Waals surface area contributed by atoms with Crippen molar-refractivity contribution < 1.29 is 4.74 Å². The van der Waals surface area contributed by atoms with Gasteiger partial charge in [0.15, 0.2) is 0 Å². The molecule has 0 aliphatic carbocycles. The van der Waals surface area contributed by atoms with Crippen molar-refractivity contribution in [3.05, 3.63) is 47.5 Å². The molecule has 1 unspecified atom stereocenters. The summed E-state index contributed by atoms with van der Waals surface area (Å²) in [5.74, 6) is 0. The molecule has 0 aromatic heterocycles. The van der Waals surface area contributed by atoms with Crippen LogP contribution in [0.25, 0.3) is 0 Å². The largest absolute Gasteiger partial charge is 0.374 e. The fourth-order valence-electron chi connectivity index (χ4n) is 1.94. The molecule has 0 N–H and O–H groups in total. The van der Waals surface area contributed by atoms with Crippen molar-refractivity contribution in [3.63, 3.8) is 0 Å². The number of rotatable bonds is 3. The molecule has 1 heteroatoms. The van der Waals surface area contributed by atoms with Crippen LogP contribution in [0.4, 0.5) is 0 Å². The smallest absolute Gasteiger partial charge is 0.0761 e. The topological polar surface area (TPSA) is 9.23 Å². The molecule has 1 nitrogen and oxygen atoms in total. The summed E-state index contributed by atoms with van der Waals surface area (Å²) in [6, 6.07) is 10.6. The van der Waals surface area contributed by atoms with Crippen LogP contribution >= 0.6 is 0 Å². The molecule has 1 aliphatic rings. The van der Waals surface area contributed by atoms with Gasteiger partial charge >= 0.3 is 0 Å². The van der Waals surface area contributed by atoms with Gasteiger partial charge in [-0.15, -0.1) is 0 Å². The molecule has 1 aliphatic heterocycles. The highest BCUT2D eigenvalue weighted by Gasteiger charge is 2.11. The third-order valence-electron chi connectivity index (χ3n) is 2.86. The van der Waals surface area contributed by atoms with E-state index in [9.17, 15) is 0 Å². The highest BCUT2D eigenvalue weighted by molar-refractivity contribution is 5.15. The van der Waals surface area contributed by atoms with Crippen molar-refractivity contribution in [2.45, 2.75) is 32.3 Å². The summed E-state index contributed by atoms with van der Waals surface area (Å²) in [5, 5.41) is 0. The summed E-state index contributed by atoms with van der Waals surface area (Å²) >= 11 is 0. The Bertz CT molecular complexity index is 326. The van der Waals surface area contributed by atoms with E-state index in [1.165, 1.54) is 11.1 Å². The first-order chi connectivity index (χ1) is 7.34. The van der Waals surface area contributed by atoms with Crippen molar-refractivity contribution in [3.8, 4) is 0 Å². The number of aryl methyl sites for hydroxylation is 1. The zero-order valence-corrected chi connectivity index (χ0v) is 9.28. The molecule has 1 aromatic rings. The molecule has 0 saturated carbocycles. The molecule has 1 aromatic carbocycles. The van der Waals surface area contributed by atoms with Gasteiger partial charge in [-0.3, -0.25) is 0 Å². The third kappa shape index (κ3) is 3.21. The number of ether oxygens (including phenoxy) is 1. The molecule has 0 saturated heterocycles. The van der Waals surface area contributed by atoms with Crippen LogP contribution < -0.4 is 0 Å². The van der Waals surface area contributed by atoms with Crippen molar-refractivity contribution in [1.82, 2.24) is 0 Å². The maximum Gasteiger partial charge on any atom is 0.0761 e. The van der Waals surface area contributed by atoms with Crippen LogP contribution in [-0.2, 0) is 11.2 Å². The second-order valence-electron chi connectivity index (χ2n) is 4.20. The van der Waals surface area contributed by atoms with Crippen LogP contribution in [-0.4, -0.2) is 12.7 Å². The minimum Gasteiger partial charge on any atom is -0.374 e. The minimum absolute atomic E-state index is 0.332. The van der Waals surface area contributed by atoms with E-state index < -0.39 is 0 Å². The summed E-state index contributed by atoms with van der Waals surface area (Å²) in [6.07, 6.45) is 5.91. The Labute approximate surface area is 91.8 Å². The molecule has 15 heavy (non-hydrogen) atoms. The second kappa shape index (κ2) is 5.13. The first kappa shape index (κ1) is 10.4. The van der Waals surface area contributed by atoms with Gasteiger partial charge in [0.25, 0.3) is 0 Å². The van der Waals surface area contributed by atoms with E-state index in [1.807, 2.05) is 0 Å². The van der Waals surface area contributed by atoms with Gasteiger partial charge in [0.05, 0.1) is 12.7 Å². The van der Waals surface area contributed by atoms with E-state index in [0.29, 0.717) is 6.10 Å². The summed E-state index contributed by atoms with van der Waals surface area (Å²) in [7, 11) is 0. The summed E-state index contributed by atoms with van der Waals surface area (Å²) < 4.78 is 5.69. The number of benzene rings is 1. The number of hydrogen-bond donors (Lipinski definition) is 0. The lowest BCUT2D eigenvalue weighted by atomic mass is 10.0. The van der Waals surface area contributed by atoms with Crippen molar-refractivity contribution >= 4 is 0 Å². The molecule has 1 heterocycles. The normalized spacial score (nSPS) is 21.1. The van der Waals surface area contributed by atoms with E-state index in [4.69, 9.17) is 4.74 Å². The van der Waals surface area contributed by atoms with Crippen LogP contribution in [0, 0.1) is 0 Å². The maximum atomic E-state index is 5.69. The molecule has 1 atom stereocenters. The predicted molar refractivity (Wildman–Crippen MR) is 62.9 cm³/mol. The van der Waals surface area contributed by atoms with Crippen molar-refractivity contribution in [1.29, 1.82) is 0 Å². The van der Waals surface area contributed by atoms with Crippen molar-refractivity contribution in [2.75, 3.05) is 6.61 Å². The van der Waals surface area contributed by atoms with Gasteiger partial charge in [-0.25, -0.2) is 0 Å². The quantitative estimate of drug-likeness (QED) is 0.683. The van der Waals surface area contributed by atoms with E-state index in [1.54, 1.807) is 0 Å². The first-order valence-electron chi connectivity index (χ1n) is 5.67. The average Bonchev–Trinajstić information content (AvgIpc) is 2.28. The molecule has 0 radical (unpaired) electrons. The van der Waals surface area contributed by atoms with Crippen LogP contribution in [0.15, 0.2) is 42.0 Å². The molecule has 0 fully saturated rings. The Hall–Kier alpha value is -1.08. The lowest BCUT2D eigenvalue weighted by molar-refractivity contribution is 0.0715. The molecular weight excluding hydrogens is 184 g/mol. The van der Waals surface area contributed by atoms with E-state index >= 15 is 0 Å². The Morgan fingerprint density at radius 3 is 2.80 bits per heavy atom. The van der Waals surface area contributed by atoms with Crippen LogP contribution in [0.1, 0.15) is 25.3 Å². The zero-order valence-electron chi connectivity index (χ0n) is 9.28. The molecular formula is C14H18O. The fourth-order valence-corrected chi connectivity index (χ4v) is 1.94. The first-order valence-corrected chi connectivity index (χ1v) is 5.67. The van der Waals surface area contributed by atoms with Gasteiger partial charge in [0.2, 0.25) is 0 Å². The molecule has 0 spiro atoms. The third-order valence-corrected chi connectivity index (χ3v) is 2.86. The zero-order chi connectivity index (χ0) is 10.5. The Morgan fingerprint density at radius 1 is 1.27 bits per heavy atom. The number of hydrogen-bond acceptors (Lipinski definition) is 1. The van der Waals surface area contributed by atoms with E-state index in [-0.39, 0.29) is 0 Å². The van der Waals surface area contributed by atoms with Gasteiger partial charge in [0.1, 0.15) is 0 Å². The lowest BCUT2D eigenvalue weighted by Gasteiger charge is -2.20. The Kier molecular flexibility index (Phi) is 3.57. The van der Waals surface area contributed by atoms with E-state index in [2.05, 4.69) is 43.3 Å². The molecule has 2 rings (SSSR count). The van der Waals surface area contributed by atoms with E-state index in [0.717, 1.165) is 25.9 Å². The minimum atomic E-state index is 0.332. The molecule has 80 valence electrons. The van der Waals surface area contributed by atoms with Gasteiger partial charge in [-0.1, -0.05) is 42.0 Å². The van der Waals surface area contributed by atoms with Crippen molar-refractivity contribution in [2.24, 2.45) is 0 Å². The lowest BCUT2D eigenvalue weighted by Crippen LogP contribution is -2.17. The summed E-state index contributed by atoms with van der Waals surface area (Å²) in [6.45, 7) is 3.08. The van der Waals surface area contributed by atoms with Crippen LogP contribution in [0.2, 0.25) is 0 Å². The van der Waals surface area contributed by atoms with Crippen LogP contribution in [0.3, 0.4) is 0 Å². The van der Waals surface area contributed by atoms with Gasteiger partial charge < -0.3 is 4.74 Å². The highest BCUT2D eigenvalue weighted by atomic mass is 16.5. The molecule has 0 bridgehead atoms. The Morgan fingerprint density at radius 2 is 2.07 bits per heavy atom. The summed E-state index contributed by atoms with van der Waals surface area (Å²) in [4.78, 5) is 0. The standard InChI is InChI=1S/C14H18O/c1-12-9-10-15-14(11-12)8-7-13-5-3-2-4-6-13/h2-6,11,14H,7-10H2,1H3. The SMILES string of the molecule is CC1=CC(CCc2ccccc2)OCC1. The molecule has 0 amide bonds. The summed E-state index contributed by atoms with van der Waals surface area (Å²) in [5.41, 5.74) is 2.87.